The van der Waals surface area contributed by atoms with Gasteiger partial charge < -0.3 is 4.52 Å². The lowest BCUT2D eigenvalue weighted by Crippen LogP contribution is -2.51. The Kier molecular flexibility index (Phi) is 2.70. The van der Waals surface area contributed by atoms with Crippen molar-refractivity contribution in [1.29, 1.82) is 0 Å². The molecule has 0 aromatic carbocycles. The van der Waals surface area contributed by atoms with E-state index in [9.17, 15) is 4.79 Å². The lowest BCUT2D eigenvalue weighted by molar-refractivity contribution is -0.127. The first-order chi connectivity index (χ1) is 8.22. The van der Waals surface area contributed by atoms with Gasteiger partial charge in [0.1, 0.15) is 5.78 Å². The van der Waals surface area contributed by atoms with E-state index in [4.69, 9.17) is 4.52 Å². The number of hydrogen-bond donors (Lipinski definition) is 0. The van der Waals surface area contributed by atoms with Crippen molar-refractivity contribution in [1.82, 2.24) is 15.0 Å². The van der Waals surface area contributed by atoms with Crippen LogP contribution in [0.3, 0.4) is 0 Å². The average Bonchev–Trinajstić information content (AvgIpc) is 2.65. The lowest BCUT2D eigenvalue weighted by atomic mass is 9.84. The minimum Gasteiger partial charge on any atom is -0.338 e. The highest BCUT2D eigenvalue weighted by Crippen LogP contribution is 2.33. The summed E-state index contributed by atoms with van der Waals surface area (Å²) in [5, 5.41) is 3.81. The third-order valence-corrected chi connectivity index (χ3v) is 3.83. The Morgan fingerprint density at radius 1 is 1.35 bits per heavy atom. The molecule has 2 bridgehead atoms. The van der Waals surface area contributed by atoms with Gasteiger partial charge in [-0.2, -0.15) is 4.98 Å². The number of aromatic nitrogens is 2. The molecule has 1 aromatic rings. The molecule has 2 fully saturated rings. The van der Waals surface area contributed by atoms with Crippen LogP contribution in [0, 0.1) is 6.92 Å². The summed E-state index contributed by atoms with van der Waals surface area (Å²) in [6, 6.07) is 0.782. The van der Waals surface area contributed by atoms with Crippen LogP contribution in [0.2, 0.25) is 0 Å². The van der Waals surface area contributed by atoms with Crippen LogP contribution in [0.5, 0.6) is 0 Å². The summed E-state index contributed by atoms with van der Waals surface area (Å²) in [5.74, 6) is 1.77. The second-order valence-electron chi connectivity index (χ2n) is 5.09. The molecule has 5 nitrogen and oxygen atoms in total. The third kappa shape index (κ3) is 2.11. The van der Waals surface area contributed by atoms with E-state index in [-0.39, 0.29) is 0 Å². The van der Waals surface area contributed by atoms with E-state index in [0.29, 0.717) is 49.0 Å². The van der Waals surface area contributed by atoms with Gasteiger partial charge in [0, 0.05) is 24.9 Å². The molecule has 3 rings (SSSR count). The van der Waals surface area contributed by atoms with Crippen LogP contribution in [0.4, 0.5) is 0 Å². The van der Waals surface area contributed by atoms with Crippen LogP contribution >= 0.6 is 0 Å². The van der Waals surface area contributed by atoms with E-state index in [1.807, 2.05) is 6.92 Å². The second kappa shape index (κ2) is 4.22. The predicted octanol–water partition coefficient (Wildman–Crippen LogP) is 1.46. The lowest BCUT2D eigenvalue weighted by Gasteiger charge is -2.44. The highest BCUT2D eigenvalue weighted by Gasteiger charge is 2.38. The molecule has 0 radical (unpaired) electrons. The fourth-order valence-corrected chi connectivity index (χ4v) is 3.09. The number of Topliss-reactive ketones (excluding diaryl/α,β-unsaturated/α-hetero) is 1. The van der Waals surface area contributed by atoms with Crippen molar-refractivity contribution in [2.75, 3.05) is 0 Å². The third-order valence-electron chi connectivity index (χ3n) is 3.83. The van der Waals surface area contributed by atoms with E-state index in [2.05, 4.69) is 15.0 Å². The largest absolute Gasteiger partial charge is 0.338 e. The van der Waals surface area contributed by atoms with Gasteiger partial charge in [-0.05, 0) is 19.8 Å². The van der Waals surface area contributed by atoms with Gasteiger partial charge in [0.25, 0.3) is 0 Å². The summed E-state index contributed by atoms with van der Waals surface area (Å²) >= 11 is 0. The summed E-state index contributed by atoms with van der Waals surface area (Å²) in [6.07, 6.45) is 4.87. The Morgan fingerprint density at radius 2 is 2.06 bits per heavy atom. The molecule has 3 heterocycles. The molecule has 5 heteroatoms. The Bertz CT molecular complexity index is 413. The molecule has 2 unspecified atom stereocenters. The fraction of sp³-hybridized carbons (Fsp3) is 0.750. The minimum absolute atomic E-state index is 0.391. The summed E-state index contributed by atoms with van der Waals surface area (Å²) in [6.45, 7) is 2.52. The predicted molar refractivity (Wildman–Crippen MR) is 60.2 cm³/mol. The quantitative estimate of drug-likeness (QED) is 0.776. The highest BCUT2D eigenvalue weighted by molar-refractivity contribution is 5.80. The summed E-state index contributed by atoms with van der Waals surface area (Å²) in [5.41, 5.74) is 0. The van der Waals surface area contributed by atoms with Gasteiger partial charge in [0.15, 0.2) is 5.82 Å². The smallest absolute Gasteiger partial charge is 0.240 e. The summed E-state index contributed by atoms with van der Waals surface area (Å²) < 4.78 is 5.17. The maximum atomic E-state index is 11.6. The van der Waals surface area contributed by atoms with Crippen LogP contribution in [0.1, 0.15) is 43.8 Å². The molecule has 0 N–H and O–H groups in total. The number of fused-ring (bicyclic) bond motifs is 2. The number of ketones is 1. The Morgan fingerprint density at radius 3 is 2.65 bits per heavy atom. The van der Waals surface area contributed by atoms with Gasteiger partial charge in [0.2, 0.25) is 5.89 Å². The van der Waals surface area contributed by atoms with Gasteiger partial charge >= 0.3 is 0 Å². The number of carbonyl (C=O) groups excluding carboxylic acids is 1. The number of rotatable bonds is 2. The monoisotopic (exact) mass is 235 g/mol. The maximum Gasteiger partial charge on any atom is 0.240 e. The molecule has 0 amide bonds. The molecular weight excluding hydrogens is 218 g/mol. The number of carbonyl (C=O) groups is 1. The molecule has 0 spiro atoms. The number of nitrogens with zero attached hydrogens (tertiary/aromatic N) is 3. The molecule has 92 valence electrons. The van der Waals surface area contributed by atoms with Crippen LogP contribution in [-0.4, -0.2) is 32.9 Å². The molecule has 2 aliphatic rings. The normalized spacial score (nSPS) is 29.6. The number of piperidine rings is 2. The molecule has 2 atom stereocenters. The van der Waals surface area contributed by atoms with Crippen LogP contribution in [-0.2, 0) is 11.3 Å². The fourth-order valence-electron chi connectivity index (χ4n) is 3.09. The van der Waals surface area contributed by atoms with Crippen LogP contribution in [0.15, 0.2) is 4.52 Å². The maximum absolute atomic E-state index is 11.6. The molecular formula is C12H17N3O2. The van der Waals surface area contributed by atoms with E-state index in [0.717, 1.165) is 12.8 Å². The van der Waals surface area contributed by atoms with E-state index in [1.54, 1.807) is 0 Å². The molecule has 0 saturated carbocycles. The van der Waals surface area contributed by atoms with Crippen molar-refractivity contribution in [3.8, 4) is 0 Å². The van der Waals surface area contributed by atoms with Crippen LogP contribution < -0.4 is 0 Å². The van der Waals surface area contributed by atoms with Crippen LogP contribution in [0.25, 0.3) is 0 Å². The van der Waals surface area contributed by atoms with Crippen molar-refractivity contribution in [2.45, 2.75) is 57.7 Å². The molecule has 2 aliphatic heterocycles. The second-order valence-corrected chi connectivity index (χ2v) is 5.09. The van der Waals surface area contributed by atoms with Gasteiger partial charge in [-0.15, -0.1) is 0 Å². The molecule has 1 aromatic heterocycles. The van der Waals surface area contributed by atoms with Crippen molar-refractivity contribution >= 4 is 5.78 Å². The van der Waals surface area contributed by atoms with Gasteiger partial charge in [-0.1, -0.05) is 11.6 Å². The Labute approximate surface area is 100 Å². The molecule has 0 aliphatic carbocycles. The Balaban J connectivity index is 1.76. The topological polar surface area (TPSA) is 59.2 Å². The SMILES string of the molecule is Cc1noc(CN2C3CCCC2CC(=O)C3)n1. The van der Waals surface area contributed by atoms with Gasteiger partial charge in [-0.25, -0.2) is 0 Å². The first-order valence-corrected chi connectivity index (χ1v) is 6.29. The van der Waals surface area contributed by atoms with Crippen molar-refractivity contribution in [2.24, 2.45) is 0 Å². The first-order valence-electron chi connectivity index (χ1n) is 6.29. The average molecular weight is 235 g/mol. The zero-order valence-corrected chi connectivity index (χ0v) is 10.1. The molecule has 2 saturated heterocycles. The summed E-state index contributed by atoms with van der Waals surface area (Å²) in [7, 11) is 0. The van der Waals surface area contributed by atoms with Crippen molar-refractivity contribution < 1.29 is 9.32 Å². The number of hydrogen-bond acceptors (Lipinski definition) is 5. The zero-order valence-electron chi connectivity index (χ0n) is 10.1. The minimum atomic E-state index is 0.391. The Hall–Kier alpha value is -1.23. The first kappa shape index (κ1) is 10.9. The highest BCUT2D eigenvalue weighted by atomic mass is 16.5. The standard InChI is InChI=1S/C12H17N3O2/c1-8-13-12(17-14-8)7-15-9-3-2-4-10(15)6-11(16)5-9/h9-10H,2-7H2,1H3. The summed E-state index contributed by atoms with van der Waals surface area (Å²) in [4.78, 5) is 18.2. The van der Waals surface area contributed by atoms with E-state index >= 15 is 0 Å². The van der Waals surface area contributed by atoms with Crippen molar-refractivity contribution in [3.63, 3.8) is 0 Å². The number of aryl methyl sites for hydroxylation is 1. The van der Waals surface area contributed by atoms with E-state index < -0.39 is 0 Å². The van der Waals surface area contributed by atoms with Gasteiger partial charge in [0.05, 0.1) is 6.54 Å². The zero-order chi connectivity index (χ0) is 11.8. The van der Waals surface area contributed by atoms with E-state index in [1.165, 1.54) is 6.42 Å². The van der Waals surface area contributed by atoms with Crippen molar-refractivity contribution in [3.05, 3.63) is 11.7 Å². The van der Waals surface area contributed by atoms with Gasteiger partial charge in [-0.3, -0.25) is 9.69 Å². The molecule has 17 heavy (non-hydrogen) atoms.